The zero-order valence-corrected chi connectivity index (χ0v) is 19.4. The van der Waals surface area contributed by atoms with Gasteiger partial charge in [0.25, 0.3) is 0 Å². The Kier molecular flexibility index (Phi) is 9.39. The van der Waals surface area contributed by atoms with Crippen LogP contribution >= 0.6 is 0 Å². The van der Waals surface area contributed by atoms with Gasteiger partial charge in [-0.25, -0.2) is 0 Å². The quantitative estimate of drug-likeness (QED) is 0.331. The second kappa shape index (κ2) is 12.7. The van der Waals surface area contributed by atoms with Crippen molar-refractivity contribution >= 4 is 18.1 Å². The Morgan fingerprint density at radius 1 is 0.939 bits per heavy atom. The molecule has 0 unspecified atom stereocenters. The van der Waals surface area contributed by atoms with Crippen molar-refractivity contribution in [2.24, 2.45) is 0 Å². The first kappa shape index (κ1) is 24.4. The molecule has 0 aliphatic heterocycles. The molecule has 6 heteroatoms. The smallest absolute Gasteiger partial charge is 0.247 e. The van der Waals surface area contributed by atoms with Crippen molar-refractivity contribution in [3.8, 4) is 0 Å². The van der Waals surface area contributed by atoms with E-state index in [4.69, 9.17) is 18.4 Å². The number of hydrogen-bond donors (Lipinski definition) is 2. The second-order valence-corrected chi connectivity index (χ2v) is 8.35. The molecule has 3 heterocycles. The van der Waals surface area contributed by atoms with E-state index in [0.29, 0.717) is 11.3 Å². The molecule has 3 rings (SSSR count). The van der Waals surface area contributed by atoms with Gasteiger partial charge < -0.3 is 23.7 Å². The van der Waals surface area contributed by atoms with Crippen LogP contribution < -0.4 is 5.32 Å². The van der Waals surface area contributed by atoms with Crippen LogP contribution in [0.1, 0.15) is 61.3 Å². The highest BCUT2D eigenvalue weighted by atomic mass is 16.3. The lowest BCUT2D eigenvalue weighted by atomic mass is 10.1. The number of amides is 1. The van der Waals surface area contributed by atoms with E-state index in [1.807, 2.05) is 18.4 Å². The summed E-state index contributed by atoms with van der Waals surface area (Å²) in [5.74, 6) is 1.35. The van der Waals surface area contributed by atoms with Gasteiger partial charge in [-0.15, -0.1) is 0 Å². The largest absolute Gasteiger partial charge is 0.472 e. The summed E-state index contributed by atoms with van der Waals surface area (Å²) in [5.41, 5.74) is 5.37. The number of aliphatic hydroxyl groups is 1. The summed E-state index contributed by atoms with van der Waals surface area (Å²) in [4.78, 5) is 11.9. The lowest BCUT2D eigenvalue weighted by Gasteiger charge is -2.01. The van der Waals surface area contributed by atoms with Gasteiger partial charge in [-0.2, -0.15) is 0 Å². The van der Waals surface area contributed by atoms with Gasteiger partial charge in [0.2, 0.25) is 5.91 Å². The first-order valence-electron chi connectivity index (χ1n) is 11.4. The molecule has 0 spiro atoms. The molecule has 0 saturated carbocycles. The number of aryl methyl sites for hydroxylation is 3. The van der Waals surface area contributed by atoms with Crippen LogP contribution in [0.3, 0.4) is 0 Å². The highest BCUT2D eigenvalue weighted by molar-refractivity contribution is 5.96. The third-order valence-electron chi connectivity index (χ3n) is 5.40. The van der Waals surface area contributed by atoms with Gasteiger partial charge in [0, 0.05) is 12.1 Å². The molecule has 0 bridgehead atoms. The molecule has 0 aromatic carbocycles. The predicted molar refractivity (Wildman–Crippen MR) is 128 cm³/mol. The zero-order valence-electron chi connectivity index (χ0n) is 19.4. The van der Waals surface area contributed by atoms with E-state index in [1.54, 1.807) is 31.8 Å². The maximum Gasteiger partial charge on any atom is 0.247 e. The van der Waals surface area contributed by atoms with Crippen LogP contribution in [0, 0.1) is 0 Å². The summed E-state index contributed by atoms with van der Waals surface area (Å²) in [6, 6.07) is 6.09. The highest BCUT2D eigenvalue weighted by Crippen LogP contribution is 2.19. The summed E-state index contributed by atoms with van der Waals surface area (Å²) in [6.07, 6.45) is 16.9. The minimum absolute atomic E-state index is 0.0777. The number of aliphatic hydroxyl groups excluding tert-OH is 1. The van der Waals surface area contributed by atoms with Crippen molar-refractivity contribution < 1.29 is 23.2 Å². The van der Waals surface area contributed by atoms with E-state index in [-0.39, 0.29) is 19.1 Å². The van der Waals surface area contributed by atoms with Crippen LogP contribution in [0.5, 0.6) is 0 Å². The van der Waals surface area contributed by atoms with E-state index in [1.165, 1.54) is 16.7 Å². The number of carbonyl (C=O) groups is 1. The number of furan rings is 3. The summed E-state index contributed by atoms with van der Waals surface area (Å²) < 4.78 is 16.4. The summed E-state index contributed by atoms with van der Waals surface area (Å²) >= 11 is 0. The number of allylic oxidation sites excluding steroid dienone is 1. The minimum atomic E-state index is -0.207. The molecular weight excluding hydrogens is 418 g/mol. The Morgan fingerprint density at radius 3 is 2.27 bits per heavy atom. The molecule has 6 nitrogen and oxygen atoms in total. The Morgan fingerprint density at radius 2 is 1.61 bits per heavy atom. The minimum Gasteiger partial charge on any atom is -0.472 e. The monoisotopic (exact) mass is 451 g/mol. The van der Waals surface area contributed by atoms with Crippen molar-refractivity contribution in [3.63, 3.8) is 0 Å². The third kappa shape index (κ3) is 8.31. The maximum atomic E-state index is 11.9. The summed E-state index contributed by atoms with van der Waals surface area (Å²) in [7, 11) is 0. The van der Waals surface area contributed by atoms with E-state index >= 15 is 0 Å². The van der Waals surface area contributed by atoms with Gasteiger partial charge in [0.15, 0.2) is 0 Å². The molecule has 0 fully saturated rings. The number of nitrogens with one attached hydrogen (secondary N) is 1. The molecule has 33 heavy (non-hydrogen) atoms. The first-order chi connectivity index (χ1) is 16.0. The van der Waals surface area contributed by atoms with Gasteiger partial charge in [-0.05, 0) is 99.4 Å². The molecule has 0 saturated heterocycles. The average Bonchev–Trinajstić information content (AvgIpc) is 3.55. The fraction of sp³-hybridized carbons (Fsp3) is 0.370. The van der Waals surface area contributed by atoms with Crippen LogP contribution in [0.4, 0.5) is 0 Å². The molecule has 0 atom stereocenters. The molecule has 0 aliphatic carbocycles. The Balaban J connectivity index is 1.41. The maximum absolute atomic E-state index is 11.9. The molecule has 3 aromatic heterocycles. The van der Waals surface area contributed by atoms with E-state index in [9.17, 15) is 4.79 Å². The van der Waals surface area contributed by atoms with Crippen LogP contribution in [-0.2, 0) is 24.1 Å². The fourth-order valence-electron chi connectivity index (χ4n) is 3.61. The SMILES string of the molecule is C/C(=C\c1cc(CCCc2ccoc2)co1)CCCc1coc(/C=C(\C)C(=O)NCCO)c1. The van der Waals surface area contributed by atoms with Gasteiger partial charge in [0.05, 0.1) is 31.7 Å². The van der Waals surface area contributed by atoms with Gasteiger partial charge in [-0.1, -0.05) is 5.57 Å². The van der Waals surface area contributed by atoms with Crippen molar-refractivity contribution in [2.45, 2.75) is 52.4 Å². The first-order valence-corrected chi connectivity index (χ1v) is 11.4. The lowest BCUT2D eigenvalue weighted by molar-refractivity contribution is -0.117. The van der Waals surface area contributed by atoms with Crippen molar-refractivity contribution in [3.05, 3.63) is 82.6 Å². The predicted octanol–water partition coefficient (Wildman–Crippen LogP) is 5.58. The second-order valence-electron chi connectivity index (χ2n) is 8.35. The number of hydrogen-bond acceptors (Lipinski definition) is 5. The van der Waals surface area contributed by atoms with E-state index < -0.39 is 0 Å². The van der Waals surface area contributed by atoms with Crippen LogP contribution in [-0.4, -0.2) is 24.2 Å². The molecule has 0 aliphatic rings. The Bertz CT molecular complexity index is 1050. The Hall–Kier alpha value is -3.25. The van der Waals surface area contributed by atoms with Gasteiger partial charge in [-0.3, -0.25) is 4.79 Å². The number of carbonyl (C=O) groups excluding carboxylic acids is 1. The van der Waals surface area contributed by atoms with Crippen molar-refractivity contribution in [1.82, 2.24) is 5.32 Å². The highest BCUT2D eigenvalue weighted by Gasteiger charge is 2.06. The zero-order chi connectivity index (χ0) is 23.5. The number of rotatable bonds is 13. The van der Waals surface area contributed by atoms with Crippen LogP contribution in [0.15, 0.2) is 67.6 Å². The van der Waals surface area contributed by atoms with Gasteiger partial charge >= 0.3 is 0 Å². The molecule has 0 radical (unpaired) electrons. The molecule has 1 amide bonds. The average molecular weight is 452 g/mol. The third-order valence-corrected chi connectivity index (χ3v) is 5.40. The van der Waals surface area contributed by atoms with Crippen LogP contribution in [0.25, 0.3) is 12.2 Å². The molecule has 176 valence electrons. The summed E-state index contributed by atoms with van der Waals surface area (Å²) in [5, 5.41) is 11.4. The van der Waals surface area contributed by atoms with Crippen molar-refractivity contribution in [1.29, 1.82) is 0 Å². The lowest BCUT2D eigenvalue weighted by Crippen LogP contribution is -2.26. The Labute approximate surface area is 195 Å². The topological polar surface area (TPSA) is 88.8 Å². The standard InChI is InChI=1S/C27H33NO5/c1-20(13-25-15-24(18-32-25)8-4-6-22-9-12-31-17-22)5-3-7-23-16-26(33-19-23)14-21(2)27(30)28-10-11-29/h9,12-19,29H,3-8,10-11H2,1-2H3,(H,28,30)/b20-13+,21-14+. The summed E-state index contributed by atoms with van der Waals surface area (Å²) in [6.45, 7) is 4.01. The van der Waals surface area contributed by atoms with Crippen molar-refractivity contribution in [2.75, 3.05) is 13.2 Å². The van der Waals surface area contributed by atoms with Crippen LogP contribution in [0.2, 0.25) is 0 Å². The molecular formula is C27H33NO5. The van der Waals surface area contributed by atoms with E-state index in [2.05, 4.69) is 24.4 Å². The molecule has 3 aromatic rings. The fourth-order valence-corrected chi connectivity index (χ4v) is 3.61. The van der Waals surface area contributed by atoms with Gasteiger partial charge in [0.1, 0.15) is 11.5 Å². The molecule has 2 N–H and O–H groups in total. The van der Waals surface area contributed by atoms with E-state index in [0.717, 1.165) is 49.8 Å². The normalized spacial score (nSPS) is 12.3.